The number of carbonyl (C=O) groups excluding carboxylic acids is 1. The number of hydrogen-bond donors (Lipinski definition) is 1. The van der Waals surface area contributed by atoms with Gasteiger partial charge >= 0.3 is 0 Å². The average molecular weight is 371 g/mol. The summed E-state index contributed by atoms with van der Waals surface area (Å²) in [4.78, 5) is 15.2. The fourth-order valence-electron chi connectivity index (χ4n) is 2.44. The third-order valence-corrected chi connectivity index (χ3v) is 4.81. The third kappa shape index (κ3) is 4.89. The molecule has 1 heterocycles. The van der Waals surface area contributed by atoms with Crippen molar-refractivity contribution in [3.63, 3.8) is 0 Å². The van der Waals surface area contributed by atoms with E-state index in [0.29, 0.717) is 17.9 Å². The van der Waals surface area contributed by atoms with Crippen molar-refractivity contribution >= 4 is 17.7 Å². The highest BCUT2D eigenvalue weighted by Crippen LogP contribution is 2.22. The molecule has 26 heavy (non-hydrogen) atoms. The van der Waals surface area contributed by atoms with Crippen LogP contribution in [0.2, 0.25) is 0 Å². The van der Waals surface area contributed by atoms with Crippen LogP contribution in [0.1, 0.15) is 11.3 Å². The smallest absolute Gasteiger partial charge is 0.233 e. The molecule has 3 aromatic rings. The molecule has 134 valence electrons. The zero-order valence-corrected chi connectivity index (χ0v) is 14.8. The number of phenols is 1. The molecule has 1 aromatic heterocycles. The van der Waals surface area contributed by atoms with E-state index >= 15 is 0 Å². The van der Waals surface area contributed by atoms with E-state index in [-0.39, 0.29) is 29.8 Å². The number of rotatable bonds is 7. The van der Waals surface area contributed by atoms with E-state index in [1.54, 1.807) is 53.6 Å². The molecule has 0 bridgehead atoms. The molecule has 0 saturated heterocycles. The van der Waals surface area contributed by atoms with E-state index < -0.39 is 0 Å². The Morgan fingerprint density at radius 1 is 1.04 bits per heavy atom. The van der Waals surface area contributed by atoms with E-state index in [2.05, 4.69) is 0 Å². The van der Waals surface area contributed by atoms with Gasteiger partial charge in [0.05, 0.1) is 18.6 Å². The van der Waals surface area contributed by atoms with Gasteiger partial charge in [-0.05, 0) is 42.5 Å². The number of para-hydroxylation sites is 1. The van der Waals surface area contributed by atoms with Crippen molar-refractivity contribution in [2.75, 3.05) is 5.75 Å². The first-order chi connectivity index (χ1) is 12.6. The van der Waals surface area contributed by atoms with Gasteiger partial charge in [-0.15, -0.1) is 11.8 Å². The zero-order valence-electron chi connectivity index (χ0n) is 14.0. The van der Waals surface area contributed by atoms with Gasteiger partial charge in [0.2, 0.25) is 5.91 Å². The van der Waals surface area contributed by atoms with Gasteiger partial charge in [-0.3, -0.25) is 4.79 Å². The molecule has 0 aliphatic rings. The number of nitrogens with zero attached hydrogens (tertiary/aromatic N) is 1. The topological polar surface area (TPSA) is 53.7 Å². The van der Waals surface area contributed by atoms with Crippen LogP contribution in [0.25, 0.3) is 0 Å². The molecule has 4 nitrogen and oxygen atoms in total. The molecule has 1 N–H and O–H groups in total. The Kier molecular flexibility index (Phi) is 5.96. The molecule has 3 rings (SSSR count). The molecule has 2 aromatic carbocycles. The maximum absolute atomic E-state index is 13.0. The van der Waals surface area contributed by atoms with E-state index in [4.69, 9.17) is 4.42 Å². The predicted molar refractivity (Wildman–Crippen MR) is 98.2 cm³/mol. The van der Waals surface area contributed by atoms with Crippen molar-refractivity contribution in [3.05, 3.63) is 84.1 Å². The fraction of sp³-hybridized carbons (Fsp3) is 0.150. The Bertz CT molecular complexity index is 850. The molecular weight excluding hydrogens is 353 g/mol. The molecule has 0 aliphatic carbocycles. The summed E-state index contributed by atoms with van der Waals surface area (Å²) < 4.78 is 18.3. The molecule has 0 aliphatic heterocycles. The highest BCUT2D eigenvalue weighted by molar-refractivity contribution is 8.00. The van der Waals surface area contributed by atoms with Crippen LogP contribution in [0.4, 0.5) is 4.39 Å². The molecule has 0 atom stereocenters. The van der Waals surface area contributed by atoms with Gasteiger partial charge in [0.15, 0.2) is 0 Å². The van der Waals surface area contributed by atoms with Crippen LogP contribution in [-0.4, -0.2) is 21.7 Å². The van der Waals surface area contributed by atoms with Crippen molar-refractivity contribution in [1.82, 2.24) is 4.90 Å². The first-order valence-electron chi connectivity index (χ1n) is 8.07. The lowest BCUT2D eigenvalue weighted by molar-refractivity contribution is -0.129. The second-order valence-corrected chi connectivity index (χ2v) is 6.75. The van der Waals surface area contributed by atoms with Crippen LogP contribution in [0.3, 0.4) is 0 Å². The second-order valence-electron chi connectivity index (χ2n) is 5.70. The molecule has 6 heteroatoms. The summed E-state index contributed by atoms with van der Waals surface area (Å²) in [6, 6.07) is 16.5. The lowest BCUT2D eigenvalue weighted by Crippen LogP contribution is -2.31. The zero-order chi connectivity index (χ0) is 18.4. The summed E-state index contributed by atoms with van der Waals surface area (Å²) >= 11 is 1.34. The minimum atomic E-state index is -0.306. The van der Waals surface area contributed by atoms with E-state index in [9.17, 15) is 14.3 Å². The van der Waals surface area contributed by atoms with E-state index in [0.717, 1.165) is 4.90 Å². The number of benzene rings is 2. The molecular formula is C20H18FNO3S. The van der Waals surface area contributed by atoms with Crippen LogP contribution in [0, 0.1) is 5.82 Å². The second kappa shape index (κ2) is 8.58. The van der Waals surface area contributed by atoms with Gasteiger partial charge in [-0.2, -0.15) is 0 Å². The number of aromatic hydroxyl groups is 1. The van der Waals surface area contributed by atoms with Crippen molar-refractivity contribution in [2.45, 2.75) is 18.0 Å². The first-order valence-corrected chi connectivity index (χ1v) is 9.06. The quantitative estimate of drug-likeness (QED) is 0.624. The molecule has 0 fully saturated rings. The van der Waals surface area contributed by atoms with Gasteiger partial charge < -0.3 is 14.4 Å². The van der Waals surface area contributed by atoms with Crippen LogP contribution < -0.4 is 0 Å². The minimum Gasteiger partial charge on any atom is -0.508 e. The van der Waals surface area contributed by atoms with Gasteiger partial charge in [-0.1, -0.05) is 18.2 Å². The van der Waals surface area contributed by atoms with Crippen LogP contribution >= 0.6 is 11.8 Å². The van der Waals surface area contributed by atoms with Gasteiger partial charge in [-0.25, -0.2) is 4.39 Å². The summed E-state index contributed by atoms with van der Waals surface area (Å²) in [5, 5.41) is 10.00. The lowest BCUT2D eigenvalue weighted by atomic mass is 10.2. The van der Waals surface area contributed by atoms with Gasteiger partial charge in [0.25, 0.3) is 0 Å². The summed E-state index contributed by atoms with van der Waals surface area (Å²) in [6.45, 7) is 0.584. The Labute approximate surface area is 155 Å². The van der Waals surface area contributed by atoms with Crippen LogP contribution in [0.15, 0.2) is 76.2 Å². The standard InChI is InChI=1S/C20H18FNO3S/c21-16-7-9-18(10-8-16)26-14-20(24)22(13-17-5-3-11-25-17)12-15-4-1-2-6-19(15)23/h1-11,23H,12-14H2. The molecule has 0 saturated carbocycles. The van der Waals surface area contributed by atoms with E-state index in [1.165, 1.54) is 23.9 Å². The minimum absolute atomic E-state index is 0.0982. The SMILES string of the molecule is O=C(CSc1ccc(F)cc1)N(Cc1ccco1)Cc1ccccc1O. The summed E-state index contributed by atoms with van der Waals surface area (Å²) in [6.07, 6.45) is 1.56. The van der Waals surface area contributed by atoms with Crippen LogP contribution in [-0.2, 0) is 17.9 Å². The Morgan fingerprint density at radius 2 is 1.81 bits per heavy atom. The predicted octanol–water partition coefficient (Wildman–Crippen LogP) is 4.45. The number of furan rings is 1. The Hall–Kier alpha value is -2.73. The fourth-order valence-corrected chi connectivity index (χ4v) is 3.24. The number of amides is 1. The number of halogens is 1. The first kappa shape index (κ1) is 18.1. The molecule has 1 amide bonds. The maximum atomic E-state index is 13.0. The number of hydrogen-bond acceptors (Lipinski definition) is 4. The summed E-state index contributed by atoms with van der Waals surface area (Å²) in [5.74, 6) is 0.620. The van der Waals surface area contributed by atoms with Crippen molar-refractivity contribution < 1.29 is 18.7 Å². The van der Waals surface area contributed by atoms with Crippen molar-refractivity contribution in [3.8, 4) is 5.75 Å². The maximum Gasteiger partial charge on any atom is 0.233 e. The normalized spacial score (nSPS) is 10.7. The van der Waals surface area contributed by atoms with E-state index in [1.807, 2.05) is 6.07 Å². The lowest BCUT2D eigenvalue weighted by Gasteiger charge is -2.22. The van der Waals surface area contributed by atoms with Gasteiger partial charge in [0, 0.05) is 17.0 Å². The number of phenolic OH excluding ortho intramolecular Hbond substituents is 1. The van der Waals surface area contributed by atoms with Crippen molar-refractivity contribution in [1.29, 1.82) is 0 Å². The monoisotopic (exact) mass is 371 g/mol. The molecule has 0 unspecified atom stereocenters. The highest BCUT2D eigenvalue weighted by Gasteiger charge is 2.17. The van der Waals surface area contributed by atoms with Gasteiger partial charge in [0.1, 0.15) is 17.3 Å². The summed E-state index contributed by atoms with van der Waals surface area (Å²) in [7, 11) is 0. The average Bonchev–Trinajstić information content (AvgIpc) is 3.15. The highest BCUT2D eigenvalue weighted by atomic mass is 32.2. The third-order valence-electron chi connectivity index (χ3n) is 3.81. The Morgan fingerprint density at radius 3 is 2.50 bits per heavy atom. The summed E-state index contributed by atoms with van der Waals surface area (Å²) in [5.41, 5.74) is 0.666. The van der Waals surface area contributed by atoms with Crippen LogP contribution in [0.5, 0.6) is 5.75 Å². The molecule has 0 spiro atoms. The number of carbonyl (C=O) groups is 1. The Balaban J connectivity index is 1.70. The molecule has 0 radical (unpaired) electrons. The van der Waals surface area contributed by atoms with Crippen molar-refractivity contribution in [2.24, 2.45) is 0 Å². The number of thioether (sulfide) groups is 1. The largest absolute Gasteiger partial charge is 0.508 e.